The Hall–Kier alpha value is -3.35. The topological polar surface area (TPSA) is 91.8 Å². The number of fused-ring (bicyclic) bond motifs is 1. The number of benzene rings is 2. The molecule has 0 radical (unpaired) electrons. The molecule has 106 valence electrons. The summed E-state index contributed by atoms with van der Waals surface area (Å²) in [6, 6.07) is 13.7. The number of aromatic amines is 1. The summed E-state index contributed by atoms with van der Waals surface area (Å²) in [6.45, 7) is 0. The summed E-state index contributed by atoms with van der Waals surface area (Å²) in [6.07, 6.45) is 0. The van der Waals surface area contributed by atoms with E-state index in [1.54, 1.807) is 48.5 Å². The second-order valence-electron chi connectivity index (χ2n) is 4.77. The van der Waals surface area contributed by atoms with Crippen molar-refractivity contribution >= 4 is 17.5 Å². The van der Waals surface area contributed by atoms with Crippen molar-refractivity contribution in [3.8, 4) is 11.4 Å². The van der Waals surface area contributed by atoms with Gasteiger partial charge in [-0.1, -0.05) is 12.1 Å². The molecule has 0 saturated heterocycles. The first-order chi connectivity index (χ1) is 10.8. The summed E-state index contributed by atoms with van der Waals surface area (Å²) in [4.78, 5) is 25.9. The third kappa shape index (κ3) is 1.72. The summed E-state index contributed by atoms with van der Waals surface area (Å²) in [5.74, 6) is -0.172. The number of aromatic nitrogens is 4. The fourth-order valence-corrected chi connectivity index (χ4v) is 2.47. The molecule has 2 heterocycles. The highest BCUT2D eigenvalue weighted by Gasteiger charge is 2.36. The number of rotatable bonds is 2. The van der Waals surface area contributed by atoms with Crippen LogP contribution in [0.5, 0.6) is 0 Å². The molecule has 2 aromatic carbocycles. The molecule has 0 spiro atoms. The molecule has 22 heavy (non-hydrogen) atoms. The van der Waals surface area contributed by atoms with Crippen molar-refractivity contribution < 1.29 is 9.59 Å². The van der Waals surface area contributed by atoms with Gasteiger partial charge in [-0.25, -0.2) is 4.90 Å². The highest BCUT2D eigenvalue weighted by molar-refractivity contribution is 6.34. The smallest absolute Gasteiger partial charge is 0.266 e. The predicted molar refractivity (Wildman–Crippen MR) is 77.2 cm³/mol. The van der Waals surface area contributed by atoms with Gasteiger partial charge in [-0.2, -0.15) is 5.21 Å². The van der Waals surface area contributed by atoms with E-state index in [1.807, 2.05) is 0 Å². The molecule has 1 aliphatic heterocycles. The minimum absolute atomic E-state index is 0.312. The zero-order valence-corrected chi connectivity index (χ0v) is 11.2. The molecule has 1 aliphatic rings. The van der Waals surface area contributed by atoms with Crippen LogP contribution in [0.4, 0.5) is 5.69 Å². The van der Waals surface area contributed by atoms with Crippen molar-refractivity contribution in [2.45, 2.75) is 0 Å². The van der Waals surface area contributed by atoms with Gasteiger partial charge in [-0.3, -0.25) is 9.59 Å². The lowest BCUT2D eigenvalue weighted by Crippen LogP contribution is -2.29. The number of carbonyl (C=O) groups excluding carboxylic acids is 2. The van der Waals surface area contributed by atoms with Gasteiger partial charge in [0.05, 0.1) is 16.8 Å². The van der Waals surface area contributed by atoms with Crippen LogP contribution in [-0.4, -0.2) is 32.4 Å². The number of tetrazole rings is 1. The van der Waals surface area contributed by atoms with Crippen LogP contribution in [0, 0.1) is 0 Å². The Morgan fingerprint density at radius 1 is 0.864 bits per heavy atom. The van der Waals surface area contributed by atoms with Gasteiger partial charge in [0.2, 0.25) is 5.82 Å². The SMILES string of the molecule is O=C1c2ccccc2C(=O)N1c1ccc(-c2nn[nH]n2)cc1. The first kappa shape index (κ1) is 12.4. The van der Waals surface area contributed by atoms with Crippen LogP contribution in [0.15, 0.2) is 48.5 Å². The Labute approximate surface area is 124 Å². The minimum atomic E-state index is -0.312. The molecular formula is C15H9N5O2. The van der Waals surface area contributed by atoms with Gasteiger partial charge in [-0.05, 0) is 41.6 Å². The monoisotopic (exact) mass is 291 g/mol. The Balaban J connectivity index is 1.72. The standard InChI is InChI=1S/C15H9N5O2/c21-14-11-3-1-2-4-12(11)15(22)20(14)10-7-5-9(6-8-10)13-16-18-19-17-13/h1-8H,(H,16,17,18,19). The summed E-state index contributed by atoms with van der Waals surface area (Å²) in [7, 11) is 0. The molecule has 7 nitrogen and oxygen atoms in total. The Morgan fingerprint density at radius 2 is 1.50 bits per heavy atom. The molecule has 7 heteroatoms. The van der Waals surface area contributed by atoms with Crippen molar-refractivity contribution in [1.82, 2.24) is 20.6 Å². The number of amides is 2. The van der Waals surface area contributed by atoms with Gasteiger partial charge < -0.3 is 0 Å². The second-order valence-corrected chi connectivity index (χ2v) is 4.77. The molecule has 1 aromatic heterocycles. The fraction of sp³-hybridized carbons (Fsp3) is 0. The first-order valence-corrected chi connectivity index (χ1v) is 6.57. The molecule has 0 saturated carbocycles. The fourth-order valence-electron chi connectivity index (χ4n) is 2.47. The maximum Gasteiger partial charge on any atom is 0.266 e. The van der Waals surface area contributed by atoms with Gasteiger partial charge in [0, 0.05) is 5.56 Å². The summed E-state index contributed by atoms with van der Waals surface area (Å²) in [5.41, 5.74) is 2.11. The largest absolute Gasteiger partial charge is 0.268 e. The molecular weight excluding hydrogens is 282 g/mol. The summed E-state index contributed by atoms with van der Waals surface area (Å²) in [5, 5.41) is 13.6. The highest BCUT2D eigenvalue weighted by atomic mass is 16.2. The third-order valence-corrected chi connectivity index (χ3v) is 3.52. The third-order valence-electron chi connectivity index (χ3n) is 3.52. The van der Waals surface area contributed by atoms with E-state index >= 15 is 0 Å². The molecule has 0 aliphatic carbocycles. The number of carbonyl (C=O) groups is 2. The number of imide groups is 1. The molecule has 1 N–H and O–H groups in total. The zero-order valence-electron chi connectivity index (χ0n) is 11.2. The number of nitrogens with one attached hydrogen (secondary N) is 1. The first-order valence-electron chi connectivity index (χ1n) is 6.57. The van der Waals surface area contributed by atoms with Crippen LogP contribution < -0.4 is 4.90 Å². The highest BCUT2D eigenvalue weighted by Crippen LogP contribution is 2.29. The van der Waals surface area contributed by atoms with E-state index in [9.17, 15) is 9.59 Å². The van der Waals surface area contributed by atoms with Crippen LogP contribution in [0.2, 0.25) is 0 Å². The number of H-pyrrole nitrogens is 1. The number of hydrogen-bond acceptors (Lipinski definition) is 5. The van der Waals surface area contributed by atoms with Crippen molar-refractivity contribution in [3.63, 3.8) is 0 Å². The summed E-state index contributed by atoms with van der Waals surface area (Å²) < 4.78 is 0. The minimum Gasteiger partial charge on any atom is -0.268 e. The summed E-state index contributed by atoms with van der Waals surface area (Å²) >= 11 is 0. The Bertz CT molecular complexity index is 836. The lowest BCUT2D eigenvalue weighted by molar-refractivity contribution is 0.0926. The lowest BCUT2D eigenvalue weighted by atomic mass is 10.1. The van der Waals surface area contributed by atoms with E-state index in [1.165, 1.54) is 4.90 Å². The number of anilines is 1. The van der Waals surface area contributed by atoms with Crippen LogP contribution in [0.3, 0.4) is 0 Å². The van der Waals surface area contributed by atoms with E-state index in [-0.39, 0.29) is 11.8 Å². The second kappa shape index (κ2) is 4.59. The van der Waals surface area contributed by atoms with E-state index in [2.05, 4.69) is 20.6 Å². The van der Waals surface area contributed by atoms with Crippen LogP contribution in [-0.2, 0) is 0 Å². The quantitative estimate of drug-likeness (QED) is 0.725. The molecule has 0 unspecified atom stereocenters. The number of nitrogens with zero attached hydrogens (tertiary/aromatic N) is 4. The zero-order chi connectivity index (χ0) is 15.1. The van der Waals surface area contributed by atoms with E-state index < -0.39 is 0 Å². The molecule has 4 rings (SSSR count). The average Bonchev–Trinajstić information content (AvgIpc) is 3.17. The molecule has 0 fully saturated rings. The average molecular weight is 291 g/mol. The van der Waals surface area contributed by atoms with Crippen LogP contribution in [0.1, 0.15) is 20.7 Å². The van der Waals surface area contributed by atoms with Gasteiger partial charge >= 0.3 is 0 Å². The molecule has 0 atom stereocenters. The Kier molecular flexibility index (Phi) is 2.59. The van der Waals surface area contributed by atoms with E-state index in [0.717, 1.165) is 5.56 Å². The molecule has 2 amide bonds. The van der Waals surface area contributed by atoms with E-state index in [0.29, 0.717) is 22.6 Å². The van der Waals surface area contributed by atoms with Crippen molar-refractivity contribution in [2.24, 2.45) is 0 Å². The maximum absolute atomic E-state index is 12.4. The molecule has 3 aromatic rings. The van der Waals surface area contributed by atoms with Gasteiger partial charge in [-0.15, -0.1) is 10.2 Å². The maximum atomic E-state index is 12.4. The lowest BCUT2D eigenvalue weighted by Gasteiger charge is -2.13. The Morgan fingerprint density at radius 3 is 2.05 bits per heavy atom. The van der Waals surface area contributed by atoms with E-state index in [4.69, 9.17) is 0 Å². The van der Waals surface area contributed by atoms with Crippen molar-refractivity contribution in [1.29, 1.82) is 0 Å². The van der Waals surface area contributed by atoms with Crippen LogP contribution >= 0.6 is 0 Å². The molecule has 0 bridgehead atoms. The van der Waals surface area contributed by atoms with Crippen LogP contribution in [0.25, 0.3) is 11.4 Å². The predicted octanol–water partition coefficient (Wildman–Crippen LogP) is 1.67. The number of hydrogen-bond donors (Lipinski definition) is 1. The normalized spacial score (nSPS) is 13.5. The van der Waals surface area contributed by atoms with Crippen molar-refractivity contribution in [2.75, 3.05) is 4.90 Å². The van der Waals surface area contributed by atoms with Gasteiger partial charge in [0.15, 0.2) is 0 Å². The van der Waals surface area contributed by atoms with Gasteiger partial charge in [0.1, 0.15) is 0 Å². The van der Waals surface area contributed by atoms with Gasteiger partial charge in [0.25, 0.3) is 11.8 Å². The van der Waals surface area contributed by atoms with Crippen molar-refractivity contribution in [3.05, 3.63) is 59.7 Å².